The first-order chi connectivity index (χ1) is 4.18. The number of nitrogens with one attached hydrogen (secondary N) is 1. The maximum atomic E-state index is 9.04. The Bertz CT molecular complexity index is 66.1. The van der Waals surface area contributed by atoms with Gasteiger partial charge in [-0.3, -0.25) is 5.32 Å². The first kappa shape index (κ1) is 8.88. The van der Waals surface area contributed by atoms with Crippen LogP contribution in [0.4, 0.5) is 0 Å². The maximum Gasteiger partial charge on any atom is 0.107 e. The van der Waals surface area contributed by atoms with Crippen LogP contribution < -0.4 is 5.32 Å². The fraction of sp³-hybridized carbons (Fsp3) is 1.00. The van der Waals surface area contributed by atoms with Crippen molar-refractivity contribution in [2.45, 2.75) is 20.1 Å². The van der Waals surface area contributed by atoms with Crippen molar-refractivity contribution >= 4 is 0 Å². The van der Waals surface area contributed by atoms with E-state index in [4.69, 9.17) is 10.2 Å². The Morgan fingerprint density at radius 1 is 1.44 bits per heavy atom. The Morgan fingerprint density at radius 3 is 2.33 bits per heavy atom. The van der Waals surface area contributed by atoms with E-state index in [2.05, 4.69) is 5.32 Å². The molecule has 1 atom stereocenters. The summed E-state index contributed by atoms with van der Waals surface area (Å²) in [6, 6.07) is 0. The second-order valence-electron chi connectivity index (χ2n) is 2.37. The molecule has 0 rings (SSSR count). The minimum atomic E-state index is -0.489. The van der Waals surface area contributed by atoms with Crippen LogP contribution in [0.3, 0.4) is 0 Å². The highest BCUT2D eigenvalue weighted by atomic mass is 16.3. The van der Waals surface area contributed by atoms with Crippen LogP contribution in [0.2, 0.25) is 0 Å². The molecule has 0 aliphatic carbocycles. The van der Waals surface area contributed by atoms with Crippen LogP contribution in [0.1, 0.15) is 13.8 Å². The van der Waals surface area contributed by atoms with Gasteiger partial charge in [-0.2, -0.15) is 0 Å². The minimum absolute atomic E-state index is 0.0732. The molecule has 56 valence electrons. The van der Waals surface area contributed by atoms with E-state index in [1.54, 1.807) is 0 Å². The van der Waals surface area contributed by atoms with E-state index in [9.17, 15) is 0 Å². The molecule has 3 N–H and O–H groups in total. The maximum absolute atomic E-state index is 9.04. The molecule has 9 heavy (non-hydrogen) atoms. The summed E-state index contributed by atoms with van der Waals surface area (Å²) in [5, 5.41) is 20.1. The molecular formula is C6H15NO2. The second kappa shape index (κ2) is 4.73. The van der Waals surface area contributed by atoms with Crippen LogP contribution in [0, 0.1) is 5.92 Å². The van der Waals surface area contributed by atoms with Crippen LogP contribution in [0.15, 0.2) is 0 Å². The largest absolute Gasteiger partial charge is 0.395 e. The molecule has 0 heterocycles. The van der Waals surface area contributed by atoms with Crippen molar-refractivity contribution in [3.8, 4) is 0 Å². The van der Waals surface area contributed by atoms with Crippen molar-refractivity contribution in [1.82, 2.24) is 5.32 Å². The SMILES string of the molecule is CC(C)C(O)NCCO. The zero-order valence-corrected chi connectivity index (χ0v) is 5.96. The quantitative estimate of drug-likeness (QED) is 0.455. The predicted molar refractivity (Wildman–Crippen MR) is 35.9 cm³/mol. The van der Waals surface area contributed by atoms with Gasteiger partial charge in [0.2, 0.25) is 0 Å². The van der Waals surface area contributed by atoms with Gasteiger partial charge in [0.15, 0.2) is 0 Å². The van der Waals surface area contributed by atoms with E-state index in [0.29, 0.717) is 6.54 Å². The van der Waals surface area contributed by atoms with Gasteiger partial charge in [-0.1, -0.05) is 13.8 Å². The van der Waals surface area contributed by atoms with E-state index in [1.165, 1.54) is 0 Å². The van der Waals surface area contributed by atoms with Gasteiger partial charge in [-0.15, -0.1) is 0 Å². The molecule has 3 nitrogen and oxygen atoms in total. The predicted octanol–water partition coefficient (Wildman–Crippen LogP) is -0.457. The van der Waals surface area contributed by atoms with E-state index >= 15 is 0 Å². The molecule has 0 radical (unpaired) electrons. The molecule has 0 aromatic carbocycles. The number of hydrogen-bond donors (Lipinski definition) is 3. The van der Waals surface area contributed by atoms with Gasteiger partial charge in [0.25, 0.3) is 0 Å². The average Bonchev–Trinajstić information content (AvgIpc) is 1.82. The molecule has 0 aromatic rings. The molecular weight excluding hydrogens is 118 g/mol. The van der Waals surface area contributed by atoms with Crippen molar-refractivity contribution in [2.24, 2.45) is 5.92 Å². The smallest absolute Gasteiger partial charge is 0.107 e. The number of aliphatic hydroxyl groups is 2. The number of rotatable bonds is 4. The first-order valence-electron chi connectivity index (χ1n) is 3.20. The van der Waals surface area contributed by atoms with Crippen molar-refractivity contribution in [2.75, 3.05) is 13.2 Å². The summed E-state index contributed by atoms with van der Waals surface area (Å²) in [7, 11) is 0. The van der Waals surface area contributed by atoms with Gasteiger partial charge in [0.1, 0.15) is 6.23 Å². The summed E-state index contributed by atoms with van der Waals surface area (Å²) in [4.78, 5) is 0. The molecule has 3 heteroatoms. The standard InChI is InChI=1S/C6H15NO2/c1-5(2)6(9)7-3-4-8/h5-9H,3-4H2,1-2H3. The molecule has 0 spiro atoms. The topological polar surface area (TPSA) is 52.5 Å². The highest BCUT2D eigenvalue weighted by Gasteiger charge is 2.05. The molecule has 0 saturated carbocycles. The van der Waals surface area contributed by atoms with Gasteiger partial charge < -0.3 is 10.2 Å². The lowest BCUT2D eigenvalue weighted by Crippen LogP contribution is -2.35. The van der Waals surface area contributed by atoms with Gasteiger partial charge in [0.05, 0.1) is 6.61 Å². The van der Waals surface area contributed by atoms with E-state index in [-0.39, 0.29) is 12.5 Å². The van der Waals surface area contributed by atoms with Crippen molar-refractivity contribution in [1.29, 1.82) is 0 Å². The molecule has 0 aliphatic heterocycles. The van der Waals surface area contributed by atoms with Crippen LogP contribution >= 0.6 is 0 Å². The Morgan fingerprint density at radius 2 is 2.00 bits per heavy atom. The van der Waals surface area contributed by atoms with Gasteiger partial charge >= 0.3 is 0 Å². The average molecular weight is 133 g/mol. The third-order valence-electron chi connectivity index (χ3n) is 1.10. The summed E-state index contributed by atoms with van der Waals surface area (Å²) < 4.78 is 0. The Hall–Kier alpha value is -0.120. The van der Waals surface area contributed by atoms with Crippen LogP contribution in [-0.2, 0) is 0 Å². The first-order valence-corrected chi connectivity index (χ1v) is 3.20. The fourth-order valence-corrected chi connectivity index (χ4v) is 0.448. The molecule has 0 fully saturated rings. The van der Waals surface area contributed by atoms with Gasteiger partial charge in [0, 0.05) is 6.54 Å². The van der Waals surface area contributed by atoms with Gasteiger partial charge in [-0.25, -0.2) is 0 Å². The van der Waals surface area contributed by atoms with Crippen molar-refractivity contribution < 1.29 is 10.2 Å². The highest BCUT2D eigenvalue weighted by Crippen LogP contribution is 1.95. The lowest BCUT2D eigenvalue weighted by molar-refractivity contribution is 0.0846. The lowest BCUT2D eigenvalue weighted by Gasteiger charge is -2.14. The Balaban J connectivity index is 3.16. The van der Waals surface area contributed by atoms with Gasteiger partial charge in [-0.05, 0) is 5.92 Å². The Kier molecular flexibility index (Phi) is 4.67. The van der Waals surface area contributed by atoms with Crippen molar-refractivity contribution in [3.05, 3.63) is 0 Å². The minimum Gasteiger partial charge on any atom is -0.395 e. The van der Waals surface area contributed by atoms with Crippen LogP contribution in [0.5, 0.6) is 0 Å². The molecule has 0 amide bonds. The summed E-state index contributed by atoms with van der Waals surface area (Å²) in [5.41, 5.74) is 0. The third kappa shape index (κ3) is 4.39. The van der Waals surface area contributed by atoms with Crippen LogP contribution in [-0.4, -0.2) is 29.6 Å². The zero-order valence-electron chi connectivity index (χ0n) is 5.96. The normalized spacial score (nSPS) is 14.3. The fourth-order valence-electron chi connectivity index (χ4n) is 0.448. The van der Waals surface area contributed by atoms with E-state index < -0.39 is 6.23 Å². The lowest BCUT2D eigenvalue weighted by atomic mass is 10.2. The molecule has 1 unspecified atom stereocenters. The highest BCUT2D eigenvalue weighted by molar-refractivity contribution is 4.55. The van der Waals surface area contributed by atoms with E-state index in [1.807, 2.05) is 13.8 Å². The summed E-state index contributed by atoms with van der Waals surface area (Å²) in [6.45, 7) is 4.35. The summed E-state index contributed by atoms with van der Waals surface area (Å²) in [5.74, 6) is 0.205. The molecule has 0 aliphatic rings. The second-order valence-corrected chi connectivity index (χ2v) is 2.37. The molecule has 0 bridgehead atoms. The number of aliphatic hydroxyl groups excluding tert-OH is 2. The summed E-state index contributed by atoms with van der Waals surface area (Å²) in [6.07, 6.45) is -0.489. The summed E-state index contributed by atoms with van der Waals surface area (Å²) >= 11 is 0. The van der Waals surface area contributed by atoms with E-state index in [0.717, 1.165) is 0 Å². The molecule has 0 saturated heterocycles. The molecule has 0 aromatic heterocycles. The monoisotopic (exact) mass is 133 g/mol. The number of hydrogen-bond acceptors (Lipinski definition) is 3. The van der Waals surface area contributed by atoms with Crippen LogP contribution in [0.25, 0.3) is 0 Å². The zero-order chi connectivity index (χ0) is 7.28. The van der Waals surface area contributed by atoms with Crippen molar-refractivity contribution in [3.63, 3.8) is 0 Å². The Labute approximate surface area is 55.7 Å². The third-order valence-corrected chi connectivity index (χ3v) is 1.10.